The summed E-state index contributed by atoms with van der Waals surface area (Å²) in [4.78, 5) is 12.7. The monoisotopic (exact) mass is 370 g/mol. The first-order valence-corrected chi connectivity index (χ1v) is 8.89. The molecule has 3 aromatic rings. The fraction of sp³-hybridized carbons (Fsp3) is 0.130. The number of fused-ring (bicyclic) bond motifs is 1. The summed E-state index contributed by atoms with van der Waals surface area (Å²) in [6.45, 7) is 4.18. The van der Waals surface area contributed by atoms with Crippen LogP contribution in [0.4, 0.5) is 0 Å². The number of ether oxygens (including phenoxy) is 2. The van der Waals surface area contributed by atoms with Gasteiger partial charge < -0.3 is 14.0 Å². The van der Waals surface area contributed by atoms with Gasteiger partial charge in [-0.3, -0.25) is 4.79 Å². The lowest BCUT2D eigenvalue weighted by atomic mass is 10.0. The van der Waals surface area contributed by atoms with Crippen molar-refractivity contribution in [2.75, 3.05) is 6.79 Å². The Bertz CT molecular complexity index is 1130. The van der Waals surface area contributed by atoms with Crippen LogP contribution in [-0.4, -0.2) is 17.1 Å². The highest BCUT2D eigenvalue weighted by Gasteiger charge is 2.18. The first kappa shape index (κ1) is 17.6. The Kier molecular flexibility index (Phi) is 4.46. The van der Waals surface area contributed by atoms with Gasteiger partial charge in [-0.1, -0.05) is 30.3 Å². The van der Waals surface area contributed by atoms with Crippen LogP contribution < -0.4 is 9.47 Å². The standard InChI is InChI=1S/C23H18N2O3/c1-15-10-18(11-19(13-24)23(26)17-6-4-3-5-7-17)16(2)25(15)20-8-9-21-22(12-20)28-14-27-21/h3-12H,14H2,1-2H3. The van der Waals surface area contributed by atoms with E-state index < -0.39 is 0 Å². The molecule has 0 saturated carbocycles. The highest BCUT2D eigenvalue weighted by molar-refractivity contribution is 6.14. The summed E-state index contributed by atoms with van der Waals surface area (Å²) in [5.41, 5.74) is 4.30. The molecule has 4 rings (SSSR count). The van der Waals surface area contributed by atoms with Crippen molar-refractivity contribution < 1.29 is 14.3 Å². The zero-order chi connectivity index (χ0) is 19.7. The molecular weight excluding hydrogens is 352 g/mol. The lowest BCUT2D eigenvalue weighted by molar-refractivity contribution is 0.104. The van der Waals surface area contributed by atoms with Crippen molar-refractivity contribution in [3.63, 3.8) is 0 Å². The normalized spacial score (nSPS) is 12.7. The second-order valence-electron chi connectivity index (χ2n) is 6.56. The number of aromatic nitrogens is 1. The number of carbonyl (C=O) groups is 1. The lowest BCUT2D eigenvalue weighted by Crippen LogP contribution is -2.02. The minimum Gasteiger partial charge on any atom is -0.454 e. The number of hydrogen-bond donors (Lipinski definition) is 0. The minimum absolute atomic E-state index is 0.108. The number of Topliss-reactive ketones (excluding diaryl/α,β-unsaturated/α-hetero) is 1. The molecule has 0 unspecified atom stereocenters. The quantitative estimate of drug-likeness (QED) is 0.382. The average Bonchev–Trinajstić information content (AvgIpc) is 3.29. The first-order valence-electron chi connectivity index (χ1n) is 8.89. The van der Waals surface area contributed by atoms with Gasteiger partial charge >= 0.3 is 0 Å². The Hall–Kier alpha value is -3.78. The van der Waals surface area contributed by atoms with Gasteiger partial charge in [0.2, 0.25) is 12.6 Å². The van der Waals surface area contributed by atoms with E-state index in [1.54, 1.807) is 30.3 Å². The van der Waals surface area contributed by atoms with Crippen LogP contribution in [0.25, 0.3) is 11.8 Å². The SMILES string of the molecule is Cc1cc(C=C(C#N)C(=O)c2ccccc2)c(C)n1-c1ccc2c(c1)OCO2. The van der Waals surface area contributed by atoms with Crippen LogP contribution in [0.3, 0.4) is 0 Å². The third-order valence-electron chi connectivity index (χ3n) is 4.79. The fourth-order valence-corrected chi connectivity index (χ4v) is 3.40. The first-order chi connectivity index (χ1) is 13.6. The van der Waals surface area contributed by atoms with Crippen LogP contribution in [0.2, 0.25) is 0 Å². The number of nitriles is 1. The molecule has 0 fully saturated rings. The molecular formula is C23H18N2O3. The van der Waals surface area contributed by atoms with Crippen molar-refractivity contribution >= 4 is 11.9 Å². The van der Waals surface area contributed by atoms with E-state index in [1.165, 1.54) is 0 Å². The van der Waals surface area contributed by atoms with Gasteiger partial charge in [0, 0.05) is 28.7 Å². The predicted molar refractivity (Wildman–Crippen MR) is 106 cm³/mol. The van der Waals surface area contributed by atoms with Gasteiger partial charge in [0.1, 0.15) is 11.6 Å². The van der Waals surface area contributed by atoms with Gasteiger partial charge in [-0.05, 0) is 43.7 Å². The molecule has 1 aliphatic rings. The number of nitrogens with zero attached hydrogens (tertiary/aromatic N) is 2. The molecule has 0 radical (unpaired) electrons. The molecule has 0 aliphatic carbocycles. The summed E-state index contributed by atoms with van der Waals surface area (Å²) >= 11 is 0. The van der Waals surface area contributed by atoms with E-state index in [1.807, 2.05) is 50.2 Å². The van der Waals surface area contributed by atoms with Crippen molar-refractivity contribution in [3.05, 3.63) is 82.7 Å². The zero-order valence-corrected chi connectivity index (χ0v) is 15.6. The summed E-state index contributed by atoms with van der Waals surface area (Å²) in [6, 6.07) is 18.6. The molecule has 1 aromatic heterocycles. The number of carbonyl (C=O) groups excluding carboxylic acids is 1. The second-order valence-corrected chi connectivity index (χ2v) is 6.56. The van der Waals surface area contributed by atoms with E-state index in [2.05, 4.69) is 4.57 Å². The van der Waals surface area contributed by atoms with E-state index in [4.69, 9.17) is 9.47 Å². The maximum Gasteiger partial charge on any atom is 0.231 e. The minimum atomic E-state index is -0.281. The summed E-state index contributed by atoms with van der Waals surface area (Å²) in [5, 5.41) is 9.53. The summed E-state index contributed by atoms with van der Waals surface area (Å²) in [7, 11) is 0. The molecule has 138 valence electrons. The summed E-state index contributed by atoms with van der Waals surface area (Å²) < 4.78 is 12.9. The Labute approximate surface area is 163 Å². The molecule has 5 nitrogen and oxygen atoms in total. The zero-order valence-electron chi connectivity index (χ0n) is 15.6. The van der Waals surface area contributed by atoms with E-state index in [0.717, 1.165) is 28.4 Å². The Balaban J connectivity index is 1.74. The van der Waals surface area contributed by atoms with Gasteiger partial charge in [-0.15, -0.1) is 0 Å². The van der Waals surface area contributed by atoms with Crippen molar-refractivity contribution in [1.29, 1.82) is 5.26 Å². The molecule has 28 heavy (non-hydrogen) atoms. The number of allylic oxidation sites excluding steroid dienone is 1. The number of aryl methyl sites for hydroxylation is 1. The number of ketones is 1. The van der Waals surface area contributed by atoms with E-state index in [0.29, 0.717) is 11.3 Å². The summed E-state index contributed by atoms with van der Waals surface area (Å²) in [5.74, 6) is 1.15. The molecule has 0 bridgehead atoms. The molecule has 1 aliphatic heterocycles. The topological polar surface area (TPSA) is 64.2 Å². The third-order valence-corrected chi connectivity index (χ3v) is 4.79. The highest BCUT2D eigenvalue weighted by Crippen LogP contribution is 2.35. The lowest BCUT2D eigenvalue weighted by Gasteiger charge is -2.10. The molecule has 0 atom stereocenters. The van der Waals surface area contributed by atoms with Gasteiger partial charge in [0.15, 0.2) is 11.5 Å². The Morgan fingerprint density at radius 1 is 1.07 bits per heavy atom. The Morgan fingerprint density at radius 2 is 1.82 bits per heavy atom. The van der Waals surface area contributed by atoms with Crippen molar-refractivity contribution in [2.45, 2.75) is 13.8 Å². The number of hydrogen-bond acceptors (Lipinski definition) is 4. The van der Waals surface area contributed by atoms with Crippen LogP contribution in [0.1, 0.15) is 27.3 Å². The van der Waals surface area contributed by atoms with E-state index >= 15 is 0 Å². The second kappa shape index (κ2) is 7.09. The maximum absolute atomic E-state index is 12.7. The van der Waals surface area contributed by atoms with Crippen LogP contribution in [-0.2, 0) is 0 Å². The number of rotatable bonds is 4. The molecule has 2 aromatic carbocycles. The largest absolute Gasteiger partial charge is 0.454 e. The van der Waals surface area contributed by atoms with Crippen molar-refractivity contribution in [2.24, 2.45) is 0 Å². The third kappa shape index (κ3) is 3.06. The molecule has 0 N–H and O–H groups in total. The van der Waals surface area contributed by atoms with Gasteiger partial charge in [-0.2, -0.15) is 5.26 Å². The van der Waals surface area contributed by atoms with Gasteiger partial charge in [-0.25, -0.2) is 0 Å². The maximum atomic E-state index is 12.7. The van der Waals surface area contributed by atoms with Crippen LogP contribution in [0.5, 0.6) is 11.5 Å². The average molecular weight is 370 g/mol. The van der Waals surface area contributed by atoms with Crippen LogP contribution >= 0.6 is 0 Å². The van der Waals surface area contributed by atoms with Crippen molar-refractivity contribution in [3.8, 4) is 23.3 Å². The summed E-state index contributed by atoms with van der Waals surface area (Å²) in [6.07, 6.45) is 1.65. The van der Waals surface area contributed by atoms with Crippen molar-refractivity contribution in [1.82, 2.24) is 4.57 Å². The van der Waals surface area contributed by atoms with E-state index in [9.17, 15) is 10.1 Å². The van der Waals surface area contributed by atoms with Gasteiger partial charge in [0.25, 0.3) is 0 Å². The smallest absolute Gasteiger partial charge is 0.231 e. The fourth-order valence-electron chi connectivity index (χ4n) is 3.40. The molecule has 0 amide bonds. The highest BCUT2D eigenvalue weighted by atomic mass is 16.7. The van der Waals surface area contributed by atoms with E-state index in [-0.39, 0.29) is 18.1 Å². The molecule has 0 saturated heterocycles. The van der Waals surface area contributed by atoms with Crippen LogP contribution in [0.15, 0.2) is 60.2 Å². The molecule has 0 spiro atoms. The van der Waals surface area contributed by atoms with Crippen LogP contribution in [0, 0.1) is 25.2 Å². The molecule has 5 heteroatoms. The predicted octanol–water partition coefficient (Wildman–Crippen LogP) is 4.61. The Morgan fingerprint density at radius 3 is 2.57 bits per heavy atom. The van der Waals surface area contributed by atoms with Gasteiger partial charge in [0.05, 0.1) is 0 Å². The number of benzene rings is 2. The molecule has 2 heterocycles.